The second-order valence-electron chi connectivity index (χ2n) is 6.03. The second kappa shape index (κ2) is 6.00. The highest BCUT2D eigenvalue weighted by Gasteiger charge is 2.39. The van der Waals surface area contributed by atoms with Crippen molar-refractivity contribution in [3.8, 4) is 0 Å². The van der Waals surface area contributed by atoms with Gasteiger partial charge in [-0.25, -0.2) is 4.99 Å². The minimum Gasteiger partial charge on any atom is -0.627 e. The number of hydrogen-bond donors (Lipinski definition) is 1. The van der Waals surface area contributed by atoms with Gasteiger partial charge in [0.1, 0.15) is 6.04 Å². The predicted molar refractivity (Wildman–Crippen MR) is 90.9 cm³/mol. The van der Waals surface area contributed by atoms with Crippen LogP contribution in [0.15, 0.2) is 65.7 Å². The van der Waals surface area contributed by atoms with Gasteiger partial charge in [-0.1, -0.05) is 54.6 Å². The van der Waals surface area contributed by atoms with E-state index in [1.165, 1.54) is 6.08 Å². The summed E-state index contributed by atoms with van der Waals surface area (Å²) in [7, 11) is -4.51. The molecule has 0 bridgehead atoms. The van der Waals surface area contributed by atoms with Crippen LogP contribution in [0.25, 0.3) is 5.76 Å². The van der Waals surface area contributed by atoms with Crippen LogP contribution in [0.2, 0.25) is 0 Å². The van der Waals surface area contributed by atoms with E-state index in [2.05, 4.69) is 14.3 Å². The smallest absolute Gasteiger partial charge is 0.627 e. The van der Waals surface area contributed by atoms with Crippen LogP contribution < -0.4 is 0 Å². The number of fused-ring (bicyclic) bond motifs is 1. The van der Waals surface area contributed by atoms with Crippen molar-refractivity contribution in [2.45, 2.75) is 18.6 Å². The first-order valence-corrected chi connectivity index (χ1v) is 8.01. The van der Waals surface area contributed by atoms with E-state index in [0.717, 1.165) is 11.1 Å². The van der Waals surface area contributed by atoms with Crippen LogP contribution in [0.3, 0.4) is 0 Å². The standard InChI is InChI=1S/C18H15BF2NO3/c20-19(21)24-16(12-6-2-1-3-7-12)11-17(25-19)22-18-14-9-5-4-8-13(14)10-15(18)23/h1-9,11,15,18,23H,10H2/q-1/t15-,18+/m1/s1. The molecule has 1 heterocycles. The van der Waals surface area contributed by atoms with Crippen LogP contribution in [-0.4, -0.2) is 24.2 Å². The van der Waals surface area contributed by atoms with E-state index < -0.39 is 19.3 Å². The Hall–Kier alpha value is -2.67. The van der Waals surface area contributed by atoms with Gasteiger partial charge in [0.05, 0.1) is 11.9 Å². The van der Waals surface area contributed by atoms with Gasteiger partial charge in [-0.2, -0.15) is 0 Å². The molecule has 4 nitrogen and oxygen atoms in total. The molecule has 0 amide bonds. The van der Waals surface area contributed by atoms with Crippen molar-refractivity contribution in [3.05, 3.63) is 77.4 Å². The Balaban J connectivity index is 1.72. The third kappa shape index (κ3) is 3.15. The Morgan fingerprint density at radius 2 is 1.72 bits per heavy atom. The summed E-state index contributed by atoms with van der Waals surface area (Å²) >= 11 is 0. The molecule has 2 aliphatic rings. The molecule has 25 heavy (non-hydrogen) atoms. The third-order valence-corrected chi connectivity index (χ3v) is 4.27. The maximum Gasteiger partial charge on any atom is 0.726 e. The Labute approximate surface area is 143 Å². The van der Waals surface area contributed by atoms with Crippen LogP contribution in [0.4, 0.5) is 8.63 Å². The molecule has 1 aliphatic heterocycles. The van der Waals surface area contributed by atoms with E-state index in [-0.39, 0.29) is 11.7 Å². The molecule has 1 aliphatic carbocycles. The molecular formula is C18H15BF2NO3-. The zero-order valence-corrected chi connectivity index (χ0v) is 13.2. The highest BCUT2D eigenvalue weighted by molar-refractivity contribution is 6.56. The lowest BCUT2D eigenvalue weighted by Gasteiger charge is -2.34. The molecule has 2 aromatic carbocycles. The lowest BCUT2D eigenvalue weighted by atomic mass is 10.1. The number of rotatable bonds is 2. The zero-order chi connectivity index (χ0) is 17.4. The van der Waals surface area contributed by atoms with E-state index in [1.807, 2.05) is 24.3 Å². The van der Waals surface area contributed by atoms with E-state index in [4.69, 9.17) is 0 Å². The van der Waals surface area contributed by atoms with Crippen molar-refractivity contribution in [1.82, 2.24) is 0 Å². The largest absolute Gasteiger partial charge is 0.726 e. The number of benzene rings is 2. The number of aliphatic hydroxyl groups is 1. The molecule has 2 atom stereocenters. The normalized spacial score (nSPS) is 25.7. The van der Waals surface area contributed by atoms with Crippen molar-refractivity contribution in [2.24, 2.45) is 4.99 Å². The van der Waals surface area contributed by atoms with Crippen LogP contribution in [0.5, 0.6) is 0 Å². The summed E-state index contributed by atoms with van der Waals surface area (Å²) in [4.78, 5) is 4.25. The summed E-state index contributed by atoms with van der Waals surface area (Å²) in [6.45, 7) is 0. The zero-order valence-electron chi connectivity index (χ0n) is 13.2. The summed E-state index contributed by atoms with van der Waals surface area (Å²) in [6, 6.07) is 15.4. The topological polar surface area (TPSA) is 51.1 Å². The van der Waals surface area contributed by atoms with Gasteiger partial charge in [0.15, 0.2) is 5.90 Å². The monoisotopic (exact) mass is 342 g/mol. The fourth-order valence-corrected chi connectivity index (χ4v) is 3.16. The molecule has 0 radical (unpaired) electrons. The van der Waals surface area contributed by atoms with Crippen LogP contribution in [-0.2, 0) is 15.7 Å². The Bertz CT molecular complexity index is 854. The first-order valence-electron chi connectivity index (χ1n) is 8.01. The minimum atomic E-state index is -4.51. The van der Waals surface area contributed by atoms with Gasteiger partial charge in [-0.3, -0.25) is 0 Å². The molecule has 128 valence electrons. The van der Waals surface area contributed by atoms with Gasteiger partial charge < -0.3 is 23.0 Å². The maximum atomic E-state index is 13.9. The Morgan fingerprint density at radius 3 is 2.52 bits per heavy atom. The third-order valence-electron chi connectivity index (χ3n) is 4.27. The molecular weight excluding hydrogens is 327 g/mol. The van der Waals surface area contributed by atoms with Crippen molar-refractivity contribution in [2.75, 3.05) is 0 Å². The van der Waals surface area contributed by atoms with Gasteiger partial charge >= 0.3 is 7.11 Å². The summed E-state index contributed by atoms with van der Waals surface area (Å²) in [5.41, 5.74) is 2.29. The molecule has 0 aromatic heterocycles. The van der Waals surface area contributed by atoms with E-state index in [0.29, 0.717) is 12.0 Å². The van der Waals surface area contributed by atoms with Gasteiger partial charge in [0.25, 0.3) is 0 Å². The van der Waals surface area contributed by atoms with E-state index in [9.17, 15) is 13.7 Å². The summed E-state index contributed by atoms with van der Waals surface area (Å²) in [6.07, 6.45) is 0.999. The lowest BCUT2D eigenvalue weighted by molar-refractivity contribution is 0.156. The molecule has 0 saturated carbocycles. The van der Waals surface area contributed by atoms with Crippen LogP contribution in [0.1, 0.15) is 22.7 Å². The lowest BCUT2D eigenvalue weighted by Crippen LogP contribution is -2.37. The number of halogens is 2. The molecule has 7 heteroatoms. The maximum absolute atomic E-state index is 13.9. The predicted octanol–water partition coefficient (Wildman–Crippen LogP) is 3.51. The van der Waals surface area contributed by atoms with Crippen molar-refractivity contribution >= 4 is 18.8 Å². The first-order chi connectivity index (χ1) is 12.0. The first kappa shape index (κ1) is 15.8. The fraction of sp³-hybridized carbons (Fsp3) is 0.167. The summed E-state index contributed by atoms with van der Waals surface area (Å²) in [5, 5.41) is 10.3. The van der Waals surface area contributed by atoms with E-state index in [1.54, 1.807) is 30.3 Å². The van der Waals surface area contributed by atoms with Crippen LogP contribution >= 0.6 is 0 Å². The quantitative estimate of drug-likeness (QED) is 0.850. The fourth-order valence-electron chi connectivity index (χ4n) is 3.16. The van der Waals surface area contributed by atoms with Gasteiger partial charge in [-0.05, 0) is 11.1 Å². The van der Waals surface area contributed by atoms with Gasteiger partial charge in [0.2, 0.25) is 0 Å². The molecule has 0 fully saturated rings. The van der Waals surface area contributed by atoms with E-state index >= 15 is 0 Å². The molecule has 2 aromatic rings. The highest BCUT2D eigenvalue weighted by Crippen LogP contribution is 2.36. The molecule has 0 saturated heterocycles. The number of aliphatic imine (C=N–C) groups is 1. The molecule has 0 unspecified atom stereocenters. The van der Waals surface area contributed by atoms with Crippen molar-refractivity contribution < 1.29 is 23.0 Å². The van der Waals surface area contributed by atoms with Gasteiger partial charge in [-0.15, -0.1) is 0 Å². The minimum absolute atomic E-state index is 0.00336. The SMILES string of the molecule is O[C@@H]1Cc2ccccc2[C@@H]1N=C1C=C(c2ccccc2)O[B-](F)(F)O1. The molecule has 0 spiro atoms. The molecule has 4 rings (SSSR count). The average molecular weight is 342 g/mol. The molecule has 1 N–H and O–H groups in total. The Morgan fingerprint density at radius 1 is 1.00 bits per heavy atom. The highest BCUT2D eigenvalue weighted by atomic mass is 19.3. The van der Waals surface area contributed by atoms with Gasteiger partial charge in [0, 0.05) is 18.1 Å². The second-order valence-corrected chi connectivity index (χ2v) is 6.03. The number of nitrogens with zero attached hydrogens (tertiary/aromatic N) is 1. The van der Waals surface area contributed by atoms with Crippen molar-refractivity contribution in [3.63, 3.8) is 0 Å². The number of aliphatic hydroxyl groups excluding tert-OH is 1. The summed E-state index contributed by atoms with van der Waals surface area (Å²) in [5.74, 6) is -0.243. The van der Waals surface area contributed by atoms with Crippen molar-refractivity contribution in [1.29, 1.82) is 0 Å². The average Bonchev–Trinajstić information content (AvgIpc) is 2.90. The summed E-state index contributed by atoms with van der Waals surface area (Å²) < 4.78 is 37.1. The van der Waals surface area contributed by atoms with Crippen LogP contribution in [0, 0.1) is 0 Å². The number of hydrogen-bond acceptors (Lipinski definition) is 4. The Kier molecular flexibility index (Phi) is 3.80.